The predicted molar refractivity (Wildman–Crippen MR) is 76.8 cm³/mol. The lowest BCUT2D eigenvalue weighted by Gasteiger charge is -2.30. The minimum atomic E-state index is 0.00907. The number of hydrogen-bond acceptors (Lipinski definition) is 3. The zero-order valence-corrected chi connectivity index (χ0v) is 12.2. The third-order valence-electron chi connectivity index (χ3n) is 3.78. The van der Waals surface area contributed by atoms with Crippen molar-refractivity contribution in [3.63, 3.8) is 0 Å². The van der Waals surface area contributed by atoms with Crippen LogP contribution in [0.3, 0.4) is 0 Å². The second-order valence-corrected chi connectivity index (χ2v) is 5.56. The summed E-state index contributed by atoms with van der Waals surface area (Å²) in [5.41, 5.74) is 2.39. The van der Waals surface area contributed by atoms with Crippen molar-refractivity contribution in [1.82, 2.24) is 15.1 Å². The summed E-state index contributed by atoms with van der Waals surface area (Å²) in [6, 6.07) is 8.69. The van der Waals surface area contributed by atoms with Crippen molar-refractivity contribution in [2.24, 2.45) is 0 Å². The number of rotatable bonds is 4. The zero-order chi connectivity index (χ0) is 14.0. The highest BCUT2D eigenvalue weighted by molar-refractivity contribution is 5.81. The Morgan fingerprint density at radius 1 is 1.47 bits per heavy atom. The molecule has 0 saturated carbocycles. The Kier molecular flexibility index (Phi) is 4.22. The summed E-state index contributed by atoms with van der Waals surface area (Å²) in [7, 11) is 4.08. The number of carbonyl (C=O) groups is 1. The minimum absolute atomic E-state index is 0.00907. The van der Waals surface area contributed by atoms with Crippen LogP contribution < -0.4 is 5.32 Å². The summed E-state index contributed by atoms with van der Waals surface area (Å²) in [5, 5.41) is 3.30. The topological polar surface area (TPSA) is 35.6 Å². The van der Waals surface area contributed by atoms with Gasteiger partial charge in [-0.25, -0.2) is 0 Å². The van der Waals surface area contributed by atoms with Crippen LogP contribution in [-0.4, -0.2) is 48.9 Å². The average molecular weight is 261 g/mol. The Morgan fingerprint density at radius 3 is 2.84 bits per heavy atom. The minimum Gasteiger partial charge on any atom is -0.320 e. The molecule has 0 spiro atoms. The van der Waals surface area contributed by atoms with Crippen LogP contribution in [0.4, 0.5) is 0 Å². The maximum atomic E-state index is 12.0. The maximum absolute atomic E-state index is 12.0. The molecule has 1 aromatic carbocycles. The monoisotopic (exact) mass is 261 g/mol. The summed E-state index contributed by atoms with van der Waals surface area (Å²) >= 11 is 0. The first-order valence-corrected chi connectivity index (χ1v) is 6.75. The van der Waals surface area contributed by atoms with E-state index in [0.29, 0.717) is 12.6 Å². The van der Waals surface area contributed by atoms with E-state index in [1.165, 1.54) is 5.56 Å². The van der Waals surface area contributed by atoms with Crippen molar-refractivity contribution in [2.75, 3.05) is 27.2 Å². The van der Waals surface area contributed by atoms with E-state index in [9.17, 15) is 4.79 Å². The van der Waals surface area contributed by atoms with Gasteiger partial charge in [0.05, 0.1) is 6.54 Å². The van der Waals surface area contributed by atoms with Crippen molar-refractivity contribution < 1.29 is 4.79 Å². The highest BCUT2D eigenvalue weighted by Gasteiger charge is 2.32. The molecule has 2 atom stereocenters. The van der Waals surface area contributed by atoms with E-state index in [2.05, 4.69) is 42.3 Å². The van der Waals surface area contributed by atoms with E-state index in [1.807, 2.05) is 25.1 Å². The lowest BCUT2D eigenvalue weighted by molar-refractivity contribution is -0.128. The van der Waals surface area contributed by atoms with Gasteiger partial charge in [-0.05, 0) is 33.5 Å². The molecule has 104 valence electrons. The summed E-state index contributed by atoms with van der Waals surface area (Å²) in [6.45, 7) is 5.39. The number of hydrogen-bond donors (Lipinski definition) is 1. The summed E-state index contributed by atoms with van der Waals surface area (Å²) in [5.74, 6) is 0.181. The molecule has 19 heavy (non-hydrogen) atoms. The summed E-state index contributed by atoms with van der Waals surface area (Å²) in [6.07, 6.45) is 0.00907. The van der Waals surface area contributed by atoms with Gasteiger partial charge in [0.2, 0.25) is 5.91 Å². The molecule has 0 bridgehead atoms. The molecule has 4 nitrogen and oxygen atoms in total. The molecule has 2 unspecified atom stereocenters. The summed E-state index contributed by atoms with van der Waals surface area (Å²) < 4.78 is 0. The second kappa shape index (κ2) is 5.72. The van der Waals surface area contributed by atoms with Gasteiger partial charge in [0.25, 0.3) is 0 Å². The Balaban J connectivity index is 2.17. The average Bonchev–Trinajstić information content (AvgIpc) is 2.71. The van der Waals surface area contributed by atoms with Crippen LogP contribution in [-0.2, 0) is 4.79 Å². The molecular weight excluding hydrogens is 238 g/mol. The van der Waals surface area contributed by atoms with E-state index in [-0.39, 0.29) is 12.1 Å². The Hall–Kier alpha value is -1.39. The number of aryl methyl sites for hydroxylation is 1. The number of nitrogens with zero attached hydrogens (tertiary/aromatic N) is 2. The van der Waals surface area contributed by atoms with Gasteiger partial charge in [-0.3, -0.25) is 10.1 Å². The van der Waals surface area contributed by atoms with Gasteiger partial charge in [0, 0.05) is 12.6 Å². The molecule has 1 amide bonds. The molecule has 1 aliphatic heterocycles. The molecule has 0 aliphatic carbocycles. The fourth-order valence-corrected chi connectivity index (χ4v) is 2.33. The number of carbonyl (C=O) groups excluding carboxylic acids is 1. The molecule has 1 aromatic rings. The molecule has 1 aliphatic rings. The van der Waals surface area contributed by atoms with E-state index in [1.54, 1.807) is 0 Å². The van der Waals surface area contributed by atoms with E-state index >= 15 is 0 Å². The smallest absolute Gasteiger partial charge is 0.238 e. The number of amides is 1. The quantitative estimate of drug-likeness (QED) is 0.889. The van der Waals surface area contributed by atoms with Gasteiger partial charge in [0.1, 0.15) is 6.17 Å². The summed E-state index contributed by atoms with van der Waals surface area (Å²) in [4.78, 5) is 16.1. The van der Waals surface area contributed by atoms with Gasteiger partial charge in [-0.15, -0.1) is 0 Å². The van der Waals surface area contributed by atoms with Crippen molar-refractivity contribution in [3.8, 4) is 0 Å². The Morgan fingerprint density at radius 2 is 2.21 bits per heavy atom. The molecule has 1 N–H and O–H groups in total. The highest BCUT2D eigenvalue weighted by Crippen LogP contribution is 2.23. The van der Waals surface area contributed by atoms with Crippen molar-refractivity contribution >= 4 is 5.91 Å². The first-order valence-electron chi connectivity index (χ1n) is 6.75. The third-order valence-corrected chi connectivity index (χ3v) is 3.78. The Labute approximate surface area is 115 Å². The fourth-order valence-electron chi connectivity index (χ4n) is 2.33. The number of nitrogens with one attached hydrogen (secondary N) is 1. The normalized spacial score (nSPS) is 21.2. The van der Waals surface area contributed by atoms with Gasteiger partial charge in [-0.2, -0.15) is 0 Å². The zero-order valence-electron chi connectivity index (χ0n) is 12.2. The van der Waals surface area contributed by atoms with Crippen molar-refractivity contribution in [3.05, 3.63) is 35.4 Å². The molecule has 1 saturated heterocycles. The fraction of sp³-hybridized carbons (Fsp3) is 0.533. The van der Waals surface area contributed by atoms with Crippen LogP contribution in [0.2, 0.25) is 0 Å². The van der Waals surface area contributed by atoms with Crippen LogP contribution in [0.1, 0.15) is 24.2 Å². The number of benzene rings is 1. The second-order valence-electron chi connectivity index (χ2n) is 5.56. The predicted octanol–water partition coefficient (Wildman–Crippen LogP) is 1.38. The number of likely N-dealkylation sites (N-methyl/N-ethyl adjacent to an activating group) is 1. The van der Waals surface area contributed by atoms with Crippen LogP contribution in [0.5, 0.6) is 0 Å². The van der Waals surface area contributed by atoms with Gasteiger partial charge >= 0.3 is 0 Å². The van der Waals surface area contributed by atoms with Crippen molar-refractivity contribution in [1.29, 1.82) is 0 Å². The molecule has 0 aromatic heterocycles. The maximum Gasteiger partial charge on any atom is 0.238 e. The van der Waals surface area contributed by atoms with E-state index in [4.69, 9.17) is 0 Å². The van der Waals surface area contributed by atoms with Gasteiger partial charge < -0.3 is 9.80 Å². The van der Waals surface area contributed by atoms with Crippen molar-refractivity contribution in [2.45, 2.75) is 26.1 Å². The van der Waals surface area contributed by atoms with Crippen LogP contribution in [0.25, 0.3) is 0 Å². The molecule has 1 heterocycles. The molecular formula is C15H23N3O. The first kappa shape index (κ1) is 14.0. The SMILES string of the molecule is Cc1cccc(C2NCC(=O)N2CC(C)N(C)C)c1. The molecule has 4 heteroatoms. The third kappa shape index (κ3) is 3.14. The Bertz CT molecular complexity index is 458. The molecule has 2 rings (SSSR count). The van der Waals surface area contributed by atoms with E-state index < -0.39 is 0 Å². The standard InChI is InChI=1S/C15H23N3O/c1-11-6-5-7-13(8-11)15-16-9-14(19)18(15)10-12(2)17(3)4/h5-8,12,15-16H,9-10H2,1-4H3. The van der Waals surface area contributed by atoms with Crippen LogP contribution in [0, 0.1) is 6.92 Å². The van der Waals surface area contributed by atoms with Crippen LogP contribution in [0.15, 0.2) is 24.3 Å². The largest absolute Gasteiger partial charge is 0.320 e. The molecule has 1 fully saturated rings. The van der Waals surface area contributed by atoms with Crippen LogP contribution >= 0.6 is 0 Å². The van der Waals surface area contributed by atoms with E-state index in [0.717, 1.165) is 12.1 Å². The first-order chi connectivity index (χ1) is 8.99. The highest BCUT2D eigenvalue weighted by atomic mass is 16.2. The van der Waals surface area contributed by atoms with Gasteiger partial charge in [-0.1, -0.05) is 29.8 Å². The molecule has 0 radical (unpaired) electrons. The lowest BCUT2D eigenvalue weighted by atomic mass is 10.1. The van der Waals surface area contributed by atoms with Gasteiger partial charge in [0.15, 0.2) is 0 Å². The lowest BCUT2D eigenvalue weighted by Crippen LogP contribution is -2.41.